The van der Waals surface area contributed by atoms with Crippen molar-refractivity contribution in [2.75, 3.05) is 18.5 Å². The molecular formula is C15H17N3O2. The Morgan fingerprint density at radius 1 is 1.30 bits per heavy atom. The number of hydrogen-bond donors (Lipinski definition) is 2. The molecule has 5 heteroatoms. The van der Waals surface area contributed by atoms with Crippen molar-refractivity contribution in [3.63, 3.8) is 0 Å². The number of nitrogens with one attached hydrogen (secondary N) is 2. The summed E-state index contributed by atoms with van der Waals surface area (Å²) in [5, 5.41) is 9.77. The summed E-state index contributed by atoms with van der Waals surface area (Å²) >= 11 is 0. The van der Waals surface area contributed by atoms with Gasteiger partial charge in [-0.05, 0) is 36.6 Å². The van der Waals surface area contributed by atoms with Crippen molar-refractivity contribution in [2.24, 2.45) is 5.92 Å². The summed E-state index contributed by atoms with van der Waals surface area (Å²) < 4.78 is 5.34. The Kier molecular flexibility index (Phi) is 3.78. The van der Waals surface area contributed by atoms with Gasteiger partial charge in [-0.3, -0.25) is 9.89 Å². The Labute approximate surface area is 117 Å². The van der Waals surface area contributed by atoms with E-state index >= 15 is 0 Å². The molecule has 0 bridgehead atoms. The number of amides is 1. The van der Waals surface area contributed by atoms with Crippen LogP contribution in [0.4, 0.5) is 5.69 Å². The van der Waals surface area contributed by atoms with Gasteiger partial charge < -0.3 is 10.1 Å². The molecule has 1 aliphatic heterocycles. The SMILES string of the molecule is O=C(Nc1ccc(-c2ccn[nH]2)cc1)C1CCCOC1. The van der Waals surface area contributed by atoms with Gasteiger partial charge >= 0.3 is 0 Å². The zero-order valence-electron chi connectivity index (χ0n) is 11.1. The summed E-state index contributed by atoms with van der Waals surface area (Å²) in [6, 6.07) is 9.63. The van der Waals surface area contributed by atoms with Crippen LogP contribution < -0.4 is 5.32 Å². The van der Waals surface area contributed by atoms with Gasteiger partial charge in [0.05, 0.1) is 18.2 Å². The van der Waals surface area contributed by atoms with Crippen LogP contribution in [0.2, 0.25) is 0 Å². The fourth-order valence-corrected chi connectivity index (χ4v) is 2.34. The van der Waals surface area contributed by atoms with Gasteiger partial charge in [-0.2, -0.15) is 5.10 Å². The minimum absolute atomic E-state index is 0.0315. The summed E-state index contributed by atoms with van der Waals surface area (Å²) in [5.74, 6) is 0.00928. The average Bonchev–Trinajstić information content (AvgIpc) is 3.03. The number of ether oxygens (including phenoxy) is 1. The first-order valence-electron chi connectivity index (χ1n) is 6.81. The van der Waals surface area contributed by atoms with Crippen LogP contribution in [0, 0.1) is 5.92 Å². The van der Waals surface area contributed by atoms with E-state index in [1.54, 1.807) is 6.20 Å². The quantitative estimate of drug-likeness (QED) is 0.901. The zero-order valence-corrected chi connectivity index (χ0v) is 11.1. The fourth-order valence-electron chi connectivity index (χ4n) is 2.34. The van der Waals surface area contributed by atoms with Crippen LogP contribution in [-0.4, -0.2) is 29.3 Å². The molecule has 2 aromatic rings. The number of aromatic nitrogens is 2. The number of aromatic amines is 1. The van der Waals surface area contributed by atoms with Crippen LogP contribution in [0.5, 0.6) is 0 Å². The molecule has 2 heterocycles. The Balaban J connectivity index is 1.64. The van der Waals surface area contributed by atoms with Gasteiger partial charge in [0, 0.05) is 18.5 Å². The van der Waals surface area contributed by atoms with E-state index in [-0.39, 0.29) is 11.8 Å². The minimum Gasteiger partial charge on any atom is -0.381 e. The Bertz CT molecular complexity index is 557. The molecule has 0 aliphatic carbocycles. The lowest BCUT2D eigenvalue weighted by Gasteiger charge is -2.21. The number of anilines is 1. The molecule has 104 valence electrons. The number of rotatable bonds is 3. The third-order valence-corrected chi connectivity index (χ3v) is 3.50. The number of hydrogen-bond acceptors (Lipinski definition) is 3. The highest BCUT2D eigenvalue weighted by atomic mass is 16.5. The summed E-state index contributed by atoms with van der Waals surface area (Å²) in [5.41, 5.74) is 2.81. The number of nitrogens with zero attached hydrogens (tertiary/aromatic N) is 1. The third kappa shape index (κ3) is 2.88. The molecule has 1 aliphatic rings. The molecule has 1 aromatic carbocycles. The van der Waals surface area contributed by atoms with Crippen LogP contribution in [0.3, 0.4) is 0 Å². The molecule has 0 radical (unpaired) electrons. The highest BCUT2D eigenvalue weighted by Crippen LogP contribution is 2.20. The smallest absolute Gasteiger partial charge is 0.229 e. The molecule has 1 fully saturated rings. The molecule has 1 saturated heterocycles. The molecule has 1 atom stereocenters. The fraction of sp³-hybridized carbons (Fsp3) is 0.333. The normalized spacial score (nSPS) is 18.7. The Hall–Kier alpha value is -2.14. The molecular weight excluding hydrogens is 254 g/mol. The second-order valence-electron chi connectivity index (χ2n) is 4.95. The van der Waals surface area contributed by atoms with Gasteiger partial charge in [0.15, 0.2) is 0 Å². The largest absolute Gasteiger partial charge is 0.381 e. The van der Waals surface area contributed by atoms with Gasteiger partial charge in [0.2, 0.25) is 5.91 Å². The van der Waals surface area contributed by atoms with E-state index in [1.807, 2.05) is 30.3 Å². The lowest BCUT2D eigenvalue weighted by molar-refractivity contribution is -0.123. The summed E-state index contributed by atoms with van der Waals surface area (Å²) in [7, 11) is 0. The predicted molar refractivity (Wildman–Crippen MR) is 76.2 cm³/mol. The first-order valence-corrected chi connectivity index (χ1v) is 6.81. The summed E-state index contributed by atoms with van der Waals surface area (Å²) in [4.78, 5) is 12.1. The van der Waals surface area contributed by atoms with E-state index in [9.17, 15) is 4.79 Å². The highest BCUT2D eigenvalue weighted by molar-refractivity contribution is 5.92. The van der Waals surface area contributed by atoms with Crippen molar-refractivity contribution in [1.82, 2.24) is 10.2 Å². The average molecular weight is 271 g/mol. The minimum atomic E-state index is -0.0315. The summed E-state index contributed by atoms with van der Waals surface area (Å²) in [6.07, 6.45) is 3.57. The van der Waals surface area contributed by atoms with E-state index < -0.39 is 0 Å². The lowest BCUT2D eigenvalue weighted by atomic mass is 10.0. The standard InChI is InChI=1S/C15H17N3O2/c19-15(12-2-1-9-20-10-12)17-13-5-3-11(4-6-13)14-7-8-16-18-14/h3-8,12H,1-2,9-10H2,(H,16,18)(H,17,19). The molecule has 0 spiro atoms. The van der Waals surface area contributed by atoms with E-state index in [0.717, 1.165) is 36.4 Å². The maximum atomic E-state index is 12.1. The van der Waals surface area contributed by atoms with Crippen LogP contribution in [0.1, 0.15) is 12.8 Å². The third-order valence-electron chi connectivity index (χ3n) is 3.50. The number of carbonyl (C=O) groups excluding carboxylic acids is 1. The highest BCUT2D eigenvalue weighted by Gasteiger charge is 2.21. The lowest BCUT2D eigenvalue weighted by Crippen LogP contribution is -2.30. The molecule has 20 heavy (non-hydrogen) atoms. The van der Waals surface area contributed by atoms with Crippen molar-refractivity contribution in [1.29, 1.82) is 0 Å². The molecule has 1 amide bonds. The molecule has 1 aromatic heterocycles. The maximum absolute atomic E-state index is 12.1. The molecule has 5 nitrogen and oxygen atoms in total. The molecule has 2 N–H and O–H groups in total. The van der Waals surface area contributed by atoms with Crippen molar-refractivity contribution in [3.8, 4) is 11.3 Å². The van der Waals surface area contributed by atoms with Crippen molar-refractivity contribution in [3.05, 3.63) is 36.5 Å². The maximum Gasteiger partial charge on any atom is 0.229 e. The second-order valence-corrected chi connectivity index (χ2v) is 4.95. The van der Waals surface area contributed by atoms with Gasteiger partial charge in [-0.1, -0.05) is 12.1 Å². The van der Waals surface area contributed by atoms with Gasteiger partial charge in [0.25, 0.3) is 0 Å². The van der Waals surface area contributed by atoms with Gasteiger partial charge in [-0.15, -0.1) is 0 Å². The first-order chi connectivity index (χ1) is 9.83. The summed E-state index contributed by atoms with van der Waals surface area (Å²) in [6.45, 7) is 1.29. The van der Waals surface area contributed by atoms with Crippen LogP contribution in [-0.2, 0) is 9.53 Å². The number of H-pyrrole nitrogens is 1. The van der Waals surface area contributed by atoms with Gasteiger partial charge in [0.1, 0.15) is 0 Å². The topological polar surface area (TPSA) is 67.0 Å². The molecule has 1 unspecified atom stereocenters. The van der Waals surface area contributed by atoms with E-state index in [0.29, 0.717) is 6.61 Å². The zero-order chi connectivity index (χ0) is 13.8. The van der Waals surface area contributed by atoms with Crippen LogP contribution in [0.15, 0.2) is 36.5 Å². The Morgan fingerprint density at radius 3 is 2.80 bits per heavy atom. The van der Waals surface area contributed by atoms with Crippen molar-refractivity contribution in [2.45, 2.75) is 12.8 Å². The van der Waals surface area contributed by atoms with E-state index in [2.05, 4.69) is 15.5 Å². The number of benzene rings is 1. The van der Waals surface area contributed by atoms with Crippen LogP contribution in [0.25, 0.3) is 11.3 Å². The monoisotopic (exact) mass is 271 g/mol. The van der Waals surface area contributed by atoms with Gasteiger partial charge in [-0.25, -0.2) is 0 Å². The van der Waals surface area contributed by atoms with Crippen molar-refractivity contribution < 1.29 is 9.53 Å². The molecule has 0 saturated carbocycles. The first kappa shape index (κ1) is 12.9. The van der Waals surface area contributed by atoms with Crippen LogP contribution >= 0.6 is 0 Å². The van der Waals surface area contributed by atoms with E-state index in [1.165, 1.54) is 0 Å². The number of carbonyl (C=O) groups is 1. The Morgan fingerprint density at radius 2 is 2.15 bits per heavy atom. The predicted octanol–water partition coefficient (Wildman–Crippen LogP) is 2.44. The molecule has 3 rings (SSSR count). The van der Waals surface area contributed by atoms with E-state index in [4.69, 9.17) is 4.74 Å². The second kappa shape index (κ2) is 5.88. The van der Waals surface area contributed by atoms with Crippen molar-refractivity contribution >= 4 is 11.6 Å².